The Kier molecular flexibility index (Phi) is 6.00. The number of ketones is 1. The molecule has 0 bridgehead atoms. The number of Topliss-reactive ketones (excluding diaryl/α,β-unsaturated/α-hetero) is 1. The number of alkyl halides is 1. The number of benzene rings is 1. The molecule has 1 atom stereocenters. The predicted octanol–water partition coefficient (Wildman–Crippen LogP) is 4.02. The Morgan fingerprint density at radius 2 is 2.24 bits per heavy atom. The van der Waals surface area contributed by atoms with E-state index in [1.807, 2.05) is 19.1 Å². The van der Waals surface area contributed by atoms with Crippen LogP contribution in [0, 0.1) is 0 Å². The number of carbonyl (C=O) groups excluding carboxylic acids is 1. The molecule has 1 rings (SSSR count). The summed E-state index contributed by atoms with van der Waals surface area (Å²) < 4.78 is 5.14. The molecule has 0 heterocycles. The summed E-state index contributed by atoms with van der Waals surface area (Å²) in [5.74, 6) is 0.971. The molecule has 17 heavy (non-hydrogen) atoms. The maximum Gasteiger partial charge on any atom is 0.146 e. The van der Waals surface area contributed by atoms with E-state index in [0.29, 0.717) is 17.9 Å². The zero-order valence-electron chi connectivity index (χ0n) is 10.0. The highest BCUT2D eigenvalue weighted by Crippen LogP contribution is 2.25. The zero-order valence-corrected chi connectivity index (χ0v) is 12.3. The summed E-state index contributed by atoms with van der Waals surface area (Å²) >= 11 is 9.50. The van der Waals surface area contributed by atoms with Crippen molar-refractivity contribution in [1.82, 2.24) is 0 Å². The van der Waals surface area contributed by atoms with Gasteiger partial charge >= 0.3 is 0 Å². The lowest BCUT2D eigenvalue weighted by atomic mass is 10.0. The Morgan fingerprint density at radius 3 is 2.82 bits per heavy atom. The van der Waals surface area contributed by atoms with Gasteiger partial charge in [0.05, 0.1) is 11.9 Å². The first-order valence-corrected chi connectivity index (χ1v) is 6.87. The molecule has 0 amide bonds. The Balaban J connectivity index is 2.76. The minimum absolute atomic E-state index is 0.174. The molecule has 0 saturated carbocycles. The van der Waals surface area contributed by atoms with Gasteiger partial charge < -0.3 is 4.74 Å². The van der Waals surface area contributed by atoms with E-state index in [1.54, 1.807) is 13.2 Å². The van der Waals surface area contributed by atoms with Gasteiger partial charge in [-0.2, -0.15) is 0 Å². The lowest BCUT2D eigenvalue weighted by Crippen LogP contribution is -2.16. The topological polar surface area (TPSA) is 26.3 Å². The third-order valence-electron chi connectivity index (χ3n) is 2.50. The second-order valence-corrected chi connectivity index (χ2v) is 5.36. The number of hydrogen-bond acceptors (Lipinski definition) is 2. The molecule has 0 saturated heterocycles. The van der Waals surface area contributed by atoms with E-state index in [4.69, 9.17) is 16.3 Å². The quantitative estimate of drug-likeness (QED) is 0.740. The van der Waals surface area contributed by atoms with Crippen LogP contribution >= 0.6 is 27.5 Å². The molecule has 0 aliphatic rings. The summed E-state index contributed by atoms with van der Waals surface area (Å²) in [5, 5.41) is 0.666. The molecule has 0 spiro atoms. The first-order valence-electron chi connectivity index (χ1n) is 5.57. The first-order chi connectivity index (χ1) is 8.08. The normalized spacial score (nSPS) is 12.2. The number of carbonyl (C=O) groups is 1. The van der Waals surface area contributed by atoms with Gasteiger partial charge in [0.1, 0.15) is 11.5 Å². The van der Waals surface area contributed by atoms with Crippen molar-refractivity contribution >= 4 is 33.3 Å². The first kappa shape index (κ1) is 14.5. The van der Waals surface area contributed by atoms with E-state index in [-0.39, 0.29) is 10.6 Å². The molecule has 94 valence electrons. The fourth-order valence-electron chi connectivity index (χ4n) is 1.54. The summed E-state index contributed by atoms with van der Waals surface area (Å²) in [6.45, 7) is 2.00. The van der Waals surface area contributed by atoms with E-state index in [1.165, 1.54) is 0 Å². The van der Waals surface area contributed by atoms with Crippen LogP contribution < -0.4 is 4.74 Å². The van der Waals surface area contributed by atoms with Gasteiger partial charge in [-0.05, 0) is 36.6 Å². The van der Waals surface area contributed by atoms with E-state index >= 15 is 0 Å². The van der Waals surface area contributed by atoms with Crippen LogP contribution in [0.1, 0.15) is 25.3 Å². The Morgan fingerprint density at radius 1 is 1.53 bits per heavy atom. The third kappa shape index (κ3) is 4.32. The summed E-state index contributed by atoms with van der Waals surface area (Å²) in [4.78, 5) is 11.5. The van der Waals surface area contributed by atoms with Crippen molar-refractivity contribution in [2.75, 3.05) is 7.11 Å². The summed E-state index contributed by atoms with van der Waals surface area (Å²) in [5.41, 5.74) is 0.928. The van der Waals surface area contributed by atoms with Crippen molar-refractivity contribution in [2.24, 2.45) is 0 Å². The molecule has 0 aromatic heterocycles. The van der Waals surface area contributed by atoms with Gasteiger partial charge in [-0.15, -0.1) is 0 Å². The molecule has 1 aromatic rings. The lowest BCUT2D eigenvalue weighted by Gasteiger charge is -2.11. The van der Waals surface area contributed by atoms with E-state index < -0.39 is 0 Å². The highest BCUT2D eigenvalue weighted by atomic mass is 79.9. The molecule has 0 aliphatic carbocycles. The molecule has 0 aliphatic heterocycles. The van der Waals surface area contributed by atoms with E-state index in [9.17, 15) is 4.79 Å². The van der Waals surface area contributed by atoms with Crippen molar-refractivity contribution in [3.8, 4) is 5.75 Å². The molecular weight excluding hydrogens is 303 g/mol. The zero-order chi connectivity index (χ0) is 12.8. The van der Waals surface area contributed by atoms with Gasteiger partial charge in [0, 0.05) is 11.4 Å². The van der Waals surface area contributed by atoms with Crippen molar-refractivity contribution in [2.45, 2.75) is 31.0 Å². The molecule has 0 fully saturated rings. The minimum Gasteiger partial charge on any atom is -0.497 e. The maximum atomic E-state index is 11.7. The molecule has 4 heteroatoms. The average Bonchev–Trinajstić information content (AvgIpc) is 2.32. The van der Waals surface area contributed by atoms with Gasteiger partial charge in [-0.25, -0.2) is 0 Å². The monoisotopic (exact) mass is 318 g/mol. The fraction of sp³-hybridized carbons (Fsp3) is 0.462. The number of hydrogen-bond donors (Lipinski definition) is 0. The molecule has 1 unspecified atom stereocenters. The fourth-order valence-corrected chi connectivity index (χ4v) is 2.32. The molecular formula is C13H16BrClO2. The number of rotatable bonds is 6. The molecule has 0 N–H and O–H groups in total. The van der Waals surface area contributed by atoms with E-state index in [2.05, 4.69) is 15.9 Å². The molecule has 2 nitrogen and oxygen atoms in total. The standard InChI is InChI=1S/C13H16BrClO2/c1-3-4-13(16)11(14)8-9-7-10(17-2)5-6-12(9)15/h5-7,11H,3-4,8H2,1-2H3. The Labute approximate surface area is 115 Å². The van der Waals surface area contributed by atoms with Gasteiger partial charge in [0.25, 0.3) is 0 Å². The number of methoxy groups -OCH3 is 1. The summed E-state index contributed by atoms with van der Waals surface area (Å²) in [6.07, 6.45) is 2.05. The third-order valence-corrected chi connectivity index (χ3v) is 3.70. The van der Waals surface area contributed by atoms with Crippen LogP contribution in [0.15, 0.2) is 18.2 Å². The van der Waals surface area contributed by atoms with Crippen LogP contribution in [0.2, 0.25) is 5.02 Å². The second kappa shape index (κ2) is 7.02. The van der Waals surface area contributed by atoms with Crippen LogP contribution in [-0.2, 0) is 11.2 Å². The SMILES string of the molecule is CCCC(=O)C(Br)Cc1cc(OC)ccc1Cl. The molecule has 0 radical (unpaired) electrons. The van der Waals surface area contributed by atoms with Crippen molar-refractivity contribution in [3.63, 3.8) is 0 Å². The van der Waals surface area contributed by atoms with Gasteiger partial charge in [0.2, 0.25) is 0 Å². The lowest BCUT2D eigenvalue weighted by molar-refractivity contribution is -0.118. The number of ether oxygens (including phenoxy) is 1. The van der Waals surface area contributed by atoms with Crippen molar-refractivity contribution < 1.29 is 9.53 Å². The van der Waals surface area contributed by atoms with Gasteiger partial charge in [-0.1, -0.05) is 34.5 Å². The highest BCUT2D eigenvalue weighted by Gasteiger charge is 2.16. The Bertz CT molecular complexity index is 393. The van der Waals surface area contributed by atoms with Crippen LogP contribution in [0.5, 0.6) is 5.75 Å². The van der Waals surface area contributed by atoms with Crippen LogP contribution in [-0.4, -0.2) is 17.7 Å². The summed E-state index contributed by atoms with van der Waals surface area (Å²) in [6, 6.07) is 5.47. The number of halogens is 2. The minimum atomic E-state index is -0.174. The maximum absolute atomic E-state index is 11.7. The van der Waals surface area contributed by atoms with Crippen LogP contribution in [0.25, 0.3) is 0 Å². The molecule has 1 aromatic carbocycles. The van der Waals surface area contributed by atoms with Gasteiger partial charge in [-0.3, -0.25) is 4.79 Å². The van der Waals surface area contributed by atoms with Gasteiger partial charge in [0.15, 0.2) is 0 Å². The van der Waals surface area contributed by atoms with Crippen LogP contribution in [0.4, 0.5) is 0 Å². The highest BCUT2D eigenvalue weighted by molar-refractivity contribution is 9.10. The predicted molar refractivity (Wildman–Crippen MR) is 74.3 cm³/mol. The Hall–Kier alpha value is -0.540. The van der Waals surface area contributed by atoms with Crippen LogP contribution in [0.3, 0.4) is 0 Å². The average molecular weight is 320 g/mol. The van der Waals surface area contributed by atoms with Crippen molar-refractivity contribution in [1.29, 1.82) is 0 Å². The van der Waals surface area contributed by atoms with E-state index in [0.717, 1.165) is 17.7 Å². The smallest absolute Gasteiger partial charge is 0.146 e. The summed E-state index contributed by atoms with van der Waals surface area (Å²) in [7, 11) is 1.61. The van der Waals surface area contributed by atoms with Crippen molar-refractivity contribution in [3.05, 3.63) is 28.8 Å². The largest absolute Gasteiger partial charge is 0.497 e. The second-order valence-electron chi connectivity index (χ2n) is 3.85.